The minimum atomic E-state index is -0.349. The molecule has 0 bridgehead atoms. The number of carbonyl (C=O) groups excluding carboxylic acids is 2. The standard InChI is InChI=1S/C24H26FN3O4S/c1-5-31-19-12-11-18(13-20(19)32-6-2)27-21(29)14-28(4)24(30)22-15(3)26-23(33-22)16-7-9-17(25)10-8-16/h7-13H,5-6,14H2,1-4H3,(H,27,29). The van der Waals surface area contributed by atoms with E-state index in [-0.39, 0.29) is 24.2 Å². The van der Waals surface area contributed by atoms with Gasteiger partial charge < -0.3 is 19.7 Å². The molecule has 1 N–H and O–H groups in total. The number of hydrogen-bond acceptors (Lipinski definition) is 6. The van der Waals surface area contributed by atoms with Crippen molar-refractivity contribution in [3.63, 3.8) is 0 Å². The summed E-state index contributed by atoms with van der Waals surface area (Å²) in [6.45, 7) is 6.30. The summed E-state index contributed by atoms with van der Waals surface area (Å²) in [7, 11) is 1.56. The molecule has 0 saturated carbocycles. The van der Waals surface area contributed by atoms with Crippen molar-refractivity contribution < 1.29 is 23.5 Å². The first-order chi connectivity index (χ1) is 15.8. The second-order valence-corrected chi connectivity index (χ2v) is 8.18. The first-order valence-electron chi connectivity index (χ1n) is 10.5. The zero-order valence-electron chi connectivity index (χ0n) is 19.0. The van der Waals surface area contributed by atoms with Gasteiger partial charge in [0.2, 0.25) is 5.91 Å². The van der Waals surface area contributed by atoms with Gasteiger partial charge in [0, 0.05) is 24.4 Å². The van der Waals surface area contributed by atoms with Crippen LogP contribution in [0.3, 0.4) is 0 Å². The van der Waals surface area contributed by atoms with Gasteiger partial charge in [0.05, 0.1) is 25.5 Å². The predicted octanol–water partition coefficient (Wildman–Crippen LogP) is 4.77. The molecule has 0 spiro atoms. The minimum Gasteiger partial charge on any atom is -0.490 e. The second kappa shape index (κ2) is 10.9. The molecule has 0 aliphatic rings. The Morgan fingerprint density at radius 1 is 1.06 bits per heavy atom. The molecule has 7 nitrogen and oxygen atoms in total. The van der Waals surface area contributed by atoms with E-state index in [4.69, 9.17) is 9.47 Å². The third kappa shape index (κ3) is 6.07. The fourth-order valence-corrected chi connectivity index (χ4v) is 4.17. The van der Waals surface area contributed by atoms with Crippen LogP contribution in [0.4, 0.5) is 10.1 Å². The van der Waals surface area contributed by atoms with E-state index >= 15 is 0 Å². The number of aryl methyl sites for hydroxylation is 1. The van der Waals surface area contributed by atoms with E-state index in [1.165, 1.54) is 28.4 Å². The number of likely N-dealkylation sites (N-methyl/N-ethyl adjacent to an activating group) is 1. The lowest BCUT2D eigenvalue weighted by atomic mass is 10.2. The first-order valence-corrected chi connectivity index (χ1v) is 11.3. The topological polar surface area (TPSA) is 80.8 Å². The van der Waals surface area contributed by atoms with Crippen LogP contribution in [0.1, 0.15) is 29.2 Å². The number of nitrogens with one attached hydrogen (secondary N) is 1. The van der Waals surface area contributed by atoms with Gasteiger partial charge in [-0.25, -0.2) is 9.37 Å². The Balaban J connectivity index is 1.67. The van der Waals surface area contributed by atoms with Gasteiger partial charge in [0.1, 0.15) is 15.7 Å². The monoisotopic (exact) mass is 471 g/mol. The highest BCUT2D eigenvalue weighted by Gasteiger charge is 2.21. The van der Waals surface area contributed by atoms with E-state index in [9.17, 15) is 14.0 Å². The maximum Gasteiger partial charge on any atom is 0.266 e. The third-order valence-corrected chi connectivity index (χ3v) is 5.83. The Hall–Kier alpha value is -3.46. The summed E-state index contributed by atoms with van der Waals surface area (Å²) in [5.74, 6) is 0.140. The average molecular weight is 472 g/mol. The second-order valence-electron chi connectivity index (χ2n) is 7.18. The molecule has 0 radical (unpaired) electrons. The molecule has 0 aliphatic heterocycles. The number of benzene rings is 2. The molecular weight excluding hydrogens is 445 g/mol. The third-order valence-electron chi connectivity index (χ3n) is 4.64. The molecule has 3 aromatic rings. The highest BCUT2D eigenvalue weighted by molar-refractivity contribution is 7.17. The van der Waals surface area contributed by atoms with Gasteiger partial charge in [-0.2, -0.15) is 0 Å². The number of anilines is 1. The van der Waals surface area contributed by atoms with Crippen molar-refractivity contribution in [3.8, 4) is 22.1 Å². The molecular formula is C24H26FN3O4S. The molecule has 1 aromatic heterocycles. The summed E-state index contributed by atoms with van der Waals surface area (Å²) in [5.41, 5.74) is 1.83. The van der Waals surface area contributed by atoms with Gasteiger partial charge in [-0.3, -0.25) is 9.59 Å². The Bertz CT molecular complexity index is 1130. The quantitative estimate of drug-likeness (QED) is 0.486. The van der Waals surface area contributed by atoms with E-state index in [0.717, 1.165) is 5.56 Å². The Kier molecular flexibility index (Phi) is 8.00. The average Bonchev–Trinajstić information content (AvgIpc) is 3.17. The molecule has 0 atom stereocenters. The number of ether oxygens (including phenoxy) is 2. The van der Waals surface area contributed by atoms with E-state index in [1.807, 2.05) is 13.8 Å². The van der Waals surface area contributed by atoms with Gasteiger partial charge in [-0.15, -0.1) is 11.3 Å². The number of carbonyl (C=O) groups is 2. The lowest BCUT2D eigenvalue weighted by Gasteiger charge is -2.17. The van der Waals surface area contributed by atoms with Gasteiger partial charge in [-0.1, -0.05) is 0 Å². The van der Waals surface area contributed by atoms with Crippen LogP contribution in [0.2, 0.25) is 0 Å². The molecule has 0 unspecified atom stereocenters. The maximum absolute atomic E-state index is 13.2. The van der Waals surface area contributed by atoms with Crippen molar-refractivity contribution in [2.75, 3.05) is 32.1 Å². The van der Waals surface area contributed by atoms with Gasteiger partial charge >= 0.3 is 0 Å². The van der Waals surface area contributed by atoms with Crippen molar-refractivity contribution in [2.24, 2.45) is 0 Å². The maximum atomic E-state index is 13.2. The van der Waals surface area contributed by atoms with Crippen LogP contribution in [0.25, 0.3) is 10.6 Å². The number of hydrogen-bond donors (Lipinski definition) is 1. The van der Waals surface area contributed by atoms with E-state index < -0.39 is 0 Å². The lowest BCUT2D eigenvalue weighted by molar-refractivity contribution is -0.116. The largest absolute Gasteiger partial charge is 0.490 e. The molecule has 3 rings (SSSR count). The van der Waals surface area contributed by atoms with Crippen molar-refractivity contribution in [2.45, 2.75) is 20.8 Å². The van der Waals surface area contributed by atoms with Gasteiger partial charge in [-0.05, 0) is 57.2 Å². The number of rotatable bonds is 9. The number of nitrogens with zero attached hydrogens (tertiary/aromatic N) is 2. The fraction of sp³-hybridized carbons (Fsp3) is 0.292. The van der Waals surface area contributed by atoms with Crippen molar-refractivity contribution >= 4 is 28.8 Å². The summed E-state index contributed by atoms with van der Waals surface area (Å²) in [5, 5.41) is 3.40. The first kappa shape index (κ1) is 24.2. The van der Waals surface area contributed by atoms with Crippen molar-refractivity contribution in [3.05, 3.63) is 58.9 Å². The molecule has 9 heteroatoms. The summed E-state index contributed by atoms with van der Waals surface area (Å²) >= 11 is 1.21. The van der Waals surface area contributed by atoms with E-state index in [1.54, 1.807) is 44.3 Å². The van der Waals surface area contributed by atoms with Crippen LogP contribution in [-0.2, 0) is 4.79 Å². The normalized spacial score (nSPS) is 10.6. The molecule has 1 heterocycles. The number of amides is 2. The van der Waals surface area contributed by atoms with E-state index in [2.05, 4.69) is 10.3 Å². The molecule has 174 valence electrons. The van der Waals surface area contributed by atoms with Crippen LogP contribution in [0.5, 0.6) is 11.5 Å². The van der Waals surface area contributed by atoms with Crippen molar-refractivity contribution in [1.82, 2.24) is 9.88 Å². The zero-order valence-corrected chi connectivity index (χ0v) is 19.8. The molecule has 0 aliphatic carbocycles. The van der Waals surface area contributed by atoms with Crippen LogP contribution in [-0.4, -0.2) is 48.5 Å². The summed E-state index contributed by atoms with van der Waals surface area (Å²) in [6.07, 6.45) is 0. The summed E-state index contributed by atoms with van der Waals surface area (Å²) in [4.78, 5) is 31.7. The van der Waals surface area contributed by atoms with Gasteiger partial charge in [0.25, 0.3) is 5.91 Å². The highest BCUT2D eigenvalue weighted by Crippen LogP contribution is 2.31. The fourth-order valence-electron chi connectivity index (χ4n) is 3.10. The van der Waals surface area contributed by atoms with Crippen molar-refractivity contribution in [1.29, 1.82) is 0 Å². The van der Waals surface area contributed by atoms with Gasteiger partial charge in [0.15, 0.2) is 11.5 Å². The van der Waals surface area contributed by atoms with E-state index in [0.29, 0.717) is 46.0 Å². The lowest BCUT2D eigenvalue weighted by Crippen LogP contribution is -2.34. The zero-order chi connectivity index (χ0) is 24.0. The molecule has 2 amide bonds. The predicted molar refractivity (Wildman–Crippen MR) is 127 cm³/mol. The molecule has 0 fully saturated rings. The Morgan fingerprint density at radius 2 is 1.73 bits per heavy atom. The minimum absolute atomic E-state index is 0.140. The van der Waals surface area contributed by atoms with Crippen LogP contribution in [0, 0.1) is 12.7 Å². The summed E-state index contributed by atoms with van der Waals surface area (Å²) in [6, 6.07) is 11.1. The smallest absolute Gasteiger partial charge is 0.266 e. The molecule has 0 saturated heterocycles. The Labute approximate surface area is 196 Å². The number of halogens is 1. The molecule has 33 heavy (non-hydrogen) atoms. The van der Waals surface area contributed by atoms with Crippen LogP contribution >= 0.6 is 11.3 Å². The summed E-state index contributed by atoms with van der Waals surface area (Å²) < 4.78 is 24.3. The van der Waals surface area contributed by atoms with Crippen LogP contribution in [0.15, 0.2) is 42.5 Å². The van der Waals surface area contributed by atoms with Crippen LogP contribution < -0.4 is 14.8 Å². The highest BCUT2D eigenvalue weighted by atomic mass is 32.1. The molecule has 2 aromatic carbocycles. The Morgan fingerprint density at radius 3 is 2.39 bits per heavy atom. The SMILES string of the molecule is CCOc1ccc(NC(=O)CN(C)C(=O)c2sc(-c3ccc(F)cc3)nc2C)cc1OCC. The number of aromatic nitrogens is 1. The number of thiazole rings is 1.